The highest BCUT2D eigenvalue weighted by Crippen LogP contribution is 2.33. The van der Waals surface area contributed by atoms with E-state index in [-0.39, 0.29) is 16.9 Å². The molecular weight excluding hydrogens is 500 g/mol. The lowest BCUT2D eigenvalue weighted by molar-refractivity contribution is 0.0637. The number of amides is 1. The average molecular weight is 531 g/mol. The van der Waals surface area contributed by atoms with Crippen molar-refractivity contribution in [2.75, 3.05) is 38.0 Å². The van der Waals surface area contributed by atoms with Crippen LogP contribution in [0.5, 0.6) is 5.75 Å². The molecule has 0 bridgehead atoms. The van der Waals surface area contributed by atoms with Crippen LogP contribution in [0.4, 0.5) is 10.8 Å². The van der Waals surface area contributed by atoms with Crippen LogP contribution in [0.3, 0.4) is 0 Å². The van der Waals surface area contributed by atoms with Crippen molar-refractivity contribution in [3.8, 4) is 17.0 Å². The number of nitrogens with one attached hydrogen (secondary N) is 1. The maximum atomic E-state index is 12.8. The van der Waals surface area contributed by atoms with Gasteiger partial charge in [-0.05, 0) is 50.7 Å². The van der Waals surface area contributed by atoms with Gasteiger partial charge in [0.25, 0.3) is 5.91 Å². The number of aromatic nitrogens is 2. The minimum absolute atomic E-state index is 0.0292. The predicted molar refractivity (Wildman–Crippen MR) is 140 cm³/mol. The van der Waals surface area contributed by atoms with Gasteiger partial charge in [-0.3, -0.25) is 9.78 Å². The third kappa shape index (κ3) is 6.19. The lowest BCUT2D eigenvalue weighted by Crippen LogP contribution is -2.48. The van der Waals surface area contributed by atoms with Crippen molar-refractivity contribution in [1.29, 1.82) is 0 Å². The number of piperazine rings is 1. The number of rotatable bonds is 8. The van der Waals surface area contributed by atoms with Crippen LogP contribution in [-0.2, 0) is 10.0 Å². The fraction of sp³-hybridized carbons (Fsp3) is 0.375. The molecule has 1 aliphatic heterocycles. The second kappa shape index (κ2) is 10.9. The number of hydrogen-bond donors (Lipinski definition) is 2. The summed E-state index contributed by atoms with van der Waals surface area (Å²) in [5.41, 5.74) is 2.30. The third-order valence-electron chi connectivity index (χ3n) is 5.77. The third-order valence-corrected chi connectivity index (χ3v) is 7.44. The first-order valence-corrected chi connectivity index (χ1v) is 14.1. The molecule has 1 saturated heterocycles. The number of ether oxygens (including phenoxy) is 1. The van der Waals surface area contributed by atoms with Gasteiger partial charge in [0.15, 0.2) is 5.13 Å². The summed E-state index contributed by atoms with van der Waals surface area (Å²) >= 11 is 1.35. The van der Waals surface area contributed by atoms with Crippen molar-refractivity contribution in [2.24, 2.45) is 5.14 Å². The number of hydrogen-bond acceptors (Lipinski definition) is 9. The van der Waals surface area contributed by atoms with Crippen LogP contribution in [0.1, 0.15) is 31.3 Å². The molecule has 0 atom stereocenters. The van der Waals surface area contributed by atoms with E-state index in [0.29, 0.717) is 41.0 Å². The highest BCUT2D eigenvalue weighted by Gasteiger charge is 2.22. The molecule has 0 unspecified atom stereocenters. The van der Waals surface area contributed by atoms with Gasteiger partial charge in [-0.1, -0.05) is 6.92 Å². The van der Waals surface area contributed by atoms with E-state index in [4.69, 9.17) is 9.88 Å². The minimum Gasteiger partial charge on any atom is -0.489 e. The van der Waals surface area contributed by atoms with Gasteiger partial charge in [0, 0.05) is 43.3 Å². The van der Waals surface area contributed by atoms with E-state index in [9.17, 15) is 13.2 Å². The Morgan fingerprint density at radius 1 is 1.19 bits per heavy atom. The zero-order valence-electron chi connectivity index (χ0n) is 20.5. The quantitative estimate of drug-likeness (QED) is 0.454. The first kappa shape index (κ1) is 26.0. The normalized spacial score (nSPS) is 14.8. The van der Waals surface area contributed by atoms with E-state index < -0.39 is 10.0 Å². The molecule has 36 heavy (non-hydrogen) atoms. The molecule has 2 aromatic heterocycles. The highest BCUT2D eigenvalue weighted by molar-refractivity contribution is 7.89. The average Bonchev–Trinajstić information content (AvgIpc) is 3.32. The minimum atomic E-state index is -3.88. The van der Waals surface area contributed by atoms with E-state index >= 15 is 0 Å². The largest absolute Gasteiger partial charge is 0.489 e. The molecule has 3 N–H and O–H groups in total. The van der Waals surface area contributed by atoms with E-state index in [2.05, 4.69) is 27.1 Å². The predicted octanol–water partition coefficient (Wildman–Crippen LogP) is 3.16. The topological polar surface area (TPSA) is 131 Å². The molecule has 1 fully saturated rings. The van der Waals surface area contributed by atoms with Crippen LogP contribution in [0.25, 0.3) is 11.3 Å². The molecule has 1 aromatic carbocycles. The summed E-state index contributed by atoms with van der Waals surface area (Å²) in [6, 6.07) is 7.95. The molecule has 3 aromatic rings. The summed E-state index contributed by atoms with van der Waals surface area (Å²) in [5, 5.41) is 10.8. The van der Waals surface area contributed by atoms with Crippen LogP contribution < -0.4 is 15.2 Å². The molecule has 192 valence electrons. The number of nitrogens with two attached hydrogens (primary N) is 1. The lowest BCUT2D eigenvalue weighted by Gasteiger charge is -2.33. The van der Waals surface area contributed by atoms with Gasteiger partial charge in [-0.2, -0.15) is 0 Å². The molecule has 10 nitrogen and oxygen atoms in total. The summed E-state index contributed by atoms with van der Waals surface area (Å²) in [7, 11) is -3.88. The molecule has 0 aliphatic carbocycles. The first-order chi connectivity index (χ1) is 17.1. The van der Waals surface area contributed by atoms with Crippen molar-refractivity contribution in [3.63, 3.8) is 0 Å². The summed E-state index contributed by atoms with van der Waals surface area (Å²) in [5.74, 6) is 0.420. The Kier molecular flexibility index (Phi) is 7.88. The number of anilines is 2. The van der Waals surface area contributed by atoms with Crippen LogP contribution in [0.2, 0.25) is 0 Å². The van der Waals surface area contributed by atoms with Gasteiger partial charge in [0.05, 0.1) is 22.4 Å². The number of carbonyl (C=O) groups excluding carboxylic acids is 1. The molecule has 1 aliphatic rings. The maximum Gasteiger partial charge on any atom is 0.272 e. The molecule has 0 spiro atoms. The van der Waals surface area contributed by atoms with Crippen LogP contribution in [0.15, 0.2) is 46.8 Å². The van der Waals surface area contributed by atoms with E-state index in [1.54, 1.807) is 18.3 Å². The monoisotopic (exact) mass is 530 g/mol. The number of sulfonamides is 1. The summed E-state index contributed by atoms with van der Waals surface area (Å²) < 4.78 is 29.5. The summed E-state index contributed by atoms with van der Waals surface area (Å²) in [6.45, 7) is 10.0. The molecule has 0 radical (unpaired) electrons. The lowest BCUT2D eigenvalue weighted by atomic mass is 10.2. The van der Waals surface area contributed by atoms with Crippen molar-refractivity contribution >= 4 is 38.1 Å². The zero-order valence-corrected chi connectivity index (χ0v) is 22.1. The Morgan fingerprint density at radius 3 is 2.56 bits per heavy atom. The van der Waals surface area contributed by atoms with Crippen LogP contribution >= 0.6 is 11.3 Å². The van der Waals surface area contributed by atoms with E-state index in [1.807, 2.05) is 30.2 Å². The Hall–Kier alpha value is -3.06. The van der Waals surface area contributed by atoms with Crippen LogP contribution in [0, 0.1) is 0 Å². The van der Waals surface area contributed by atoms with Gasteiger partial charge >= 0.3 is 0 Å². The maximum absolute atomic E-state index is 12.8. The number of benzene rings is 1. The Morgan fingerprint density at radius 2 is 1.94 bits per heavy atom. The second-order valence-corrected chi connectivity index (χ2v) is 11.1. The molecule has 1 amide bonds. The summed E-state index contributed by atoms with van der Waals surface area (Å²) in [4.78, 5) is 25.9. The Balaban J connectivity index is 1.49. The number of nitrogens with zero attached hydrogens (tertiary/aromatic N) is 4. The van der Waals surface area contributed by atoms with Crippen molar-refractivity contribution < 1.29 is 17.9 Å². The number of carbonyl (C=O) groups is 1. The highest BCUT2D eigenvalue weighted by atomic mass is 32.2. The van der Waals surface area contributed by atoms with Gasteiger partial charge in [0.1, 0.15) is 11.4 Å². The Labute approximate surface area is 215 Å². The van der Waals surface area contributed by atoms with Gasteiger partial charge in [-0.25, -0.2) is 18.5 Å². The van der Waals surface area contributed by atoms with Crippen molar-refractivity contribution in [2.45, 2.75) is 31.8 Å². The van der Waals surface area contributed by atoms with Crippen molar-refractivity contribution in [3.05, 3.63) is 47.6 Å². The van der Waals surface area contributed by atoms with Crippen LogP contribution in [-0.4, -0.2) is 72.9 Å². The smallest absolute Gasteiger partial charge is 0.272 e. The molecular formula is C24H30N6O4S2. The summed E-state index contributed by atoms with van der Waals surface area (Å²) in [6.07, 6.45) is 1.53. The van der Waals surface area contributed by atoms with Gasteiger partial charge in [-0.15, -0.1) is 11.3 Å². The fourth-order valence-electron chi connectivity index (χ4n) is 3.82. The second-order valence-electron chi connectivity index (χ2n) is 8.69. The molecule has 4 rings (SSSR count). The number of thiazole rings is 1. The van der Waals surface area contributed by atoms with Gasteiger partial charge < -0.3 is 19.9 Å². The van der Waals surface area contributed by atoms with Crippen molar-refractivity contribution in [1.82, 2.24) is 19.8 Å². The number of primary sulfonamides is 1. The number of likely N-dealkylation sites (N-methyl/N-ethyl adjacent to an activating group) is 1. The molecule has 0 saturated carbocycles. The standard InChI is InChI=1S/C24H30N6O4S2/c1-4-29-9-11-30(12-10-29)23(31)19-7-5-17(14-26-19)21-15-35-24(28-21)27-20-13-18(36(25,32)33)6-8-22(20)34-16(2)3/h5-8,13-16H,4,9-12H2,1-3H3,(H,27,28)(H2,25,32,33). The zero-order chi connectivity index (χ0) is 25.9. The number of pyridine rings is 1. The Bertz CT molecular complexity index is 1320. The molecule has 12 heteroatoms. The SMILES string of the molecule is CCN1CCN(C(=O)c2ccc(-c3csc(Nc4cc(S(N)(=O)=O)ccc4OC(C)C)n3)cn2)CC1. The fourth-order valence-corrected chi connectivity index (χ4v) is 5.09. The van der Waals surface area contributed by atoms with E-state index in [1.165, 1.54) is 23.5 Å². The van der Waals surface area contributed by atoms with Gasteiger partial charge in [0.2, 0.25) is 10.0 Å². The van der Waals surface area contributed by atoms with E-state index in [0.717, 1.165) is 25.2 Å². The molecule has 3 heterocycles. The first-order valence-electron chi connectivity index (χ1n) is 11.7.